The first-order valence-corrected chi connectivity index (χ1v) is 0.854. The Labute approximate surface area is 97.4 Å². The molecule has 5 heteroatoms. The summed E-state index contributed by atoms with van der Waals surface area (Å²) in [7, 11) is 0. The van der Waals surface area contributed by atoms with E-state index in [2.05, 4.69) is 0 Å². The van der Waals surface area contributed by atoms with Crippen LogP contribution in [0.5, 0.6) is 0 Å². The van der Waals surface area contributed by atoms with Crippen LogP contribution in [0.4, 0.5) is 0 Å². The molecule has 5 heavy (non-hydrogen) atoms. The fourth-order valence-corrected chi connectivity index (χ4v) is 0. The first-order chi connectivity index (χ1) is 1.00. The van der Waals surface area contributed by atoms with E-state index >= 15 is 0 Å². The van der Waals surface area contributed by atoms with Crippen molar-refractivity contribution >= 4 is 0 Å². The quantitative estimate of drug-likeness (QED) is 0.405. The van der Waals surface area contributed by atoms with Gasteiger partial charge in [-0.3, -0.25) is 0 Å². The summed E-state index contributed by atoms with van der Waals surface area (Å²) < 4.78 is 8.18. The number of hydrogen-bond acceptors (Lipinski definition) is 1. The molecule has 0 unspecified atom stereocenters. The molecule has 0 rings (SSSR count). The van der Waals surface area contributed by atoms with Gasteiger partial charge in [0, 0.05) is 0 Å². The van der Waals surface area contributed by atoms with E-state index in [0.717, 1.165) is 18.3 Å². The van der Waals surface area contributed by atoms with Gasteiger partial charge in [-0.05, 0) is 0 Å². The number of hydrogen-bond donors (Lipinski definition) is 0. The molecule has 0 aromatic heterocycles. The molecule has 0 aliphatic heterocycles. The standard InChI is InChI=1S/Cs.2FH.O.Ru/h;2*1H;;/q+1;;;;+1/p-2. The monoisotopic (exact) mass is 289 g/mol. The average Bonchev–Trinajstić information content (AvgIpc) is 1.00. The Morgan fingerprint density at radius 3 is 1.00 bits per heavy atom. The van der Waals surface area contributed by atoms with E-state index in [1.165, 1.54) is 0 Å². The molecule has 0 radical (unpaired) electrons. The van der Waals surface area contributed by atoms with Gasteiger partial charge in [0.15, 0.2) is 0 Å². The molecule has 0 aromatic carbocycles. The normalized spacial score (nSPS) is 0.800. The predicted molar refractivity (Wildman–Crippen MR) is 0.686 cm³/mol. The van der Waals surface area contributed by atoms with Gasteiger partial charge in [-0.1, -0.05) is 0 Å². The van der Waals surface area contributed by atoms with E-state index in [1.807, 2.05) is 0 Å². The maximum atomic E-state index is 8.18. The van der Waals surface area contributed by atoms with Crippen LogP contribution in [0.3, 0.4) is 0 Å². The fourth-order valence-electron chi connectivity index (χ4n) is 0. The first kappa shape index (κ1) is 26.5. The van der Waals surface area contributed by atoms with Crippen molar-refractivity contribution in [1.29, 1.82) is 0 Å². The minimum absolute atomic E-state index is 0. The molecule has 0 amide bonds. The van der Waals surface area contributed by atoms with E-state index in [0.29, 0.717) is 0 Å². The molecule has 0 bridgehead atoms. The molecule has 0 aliphatic rings. The zero-order valence-electron chi connectivity index (χ0n) is 2.52. The van der Waals surface area contributed by atoms with Gasteiger partial charge in [0.2, 0.25) is 0 Å². The molecular weight excluding hydrogens is 288 g/mol. The molecule has 0 N–H and O–H groups in total. The molecule has 0 aliphatic carbocycles. The van der Waals surface area contributed by atoms with Crippen molar-refractivity contribution in [2.24, 2.45) is 0 Å². The second-order valence-electron chi connectivity index (χ2n) is 0. The Bertz CT molecular complexity index is 9.61. The van der Waals surface area contributed by atoms with Gasteiger partial charge in [-0.25, -0.2) is 0 Å². The van der Waals surface area contributed by atoms with Gasteiger partial charge >= 0.3 is 90.7 Å². The Hall–Kier alpha value is 2.34. The molecule has 0 aromatic rings. The molecule has 29 valence electrons. The Balaban J connectivity index is -0.00000000167. The summed E-state index contributed by atoms with van der Waals surface area (Å²) >= 11 is 1.10. The molecule has 0 atom stereocenters. The third-order valence-corrected chi connectivity index (χ3v) is 0. The summed E-state index contributed by atoms with van der Waals surface area (Å²) in [5.41, 5.74) is 0. The van der Waals surface area contributed by atoms with E-state index in [-0.39, 0.29) is 78.3 Å². The second kappa shape index (κ2) is 33.1. The number of rotatable bonds is 0. The van der Waals surface area contributed by atoms with Crippen LogP contribution in [0.15, 0.2) is 0 Å². The molecule has 0 saturated carbocycles. The zero-order chi connectivity index (χ0) is 2.00. The van der Waals surface area contributed by atoms with Crippen molar-refractivity contribution in [3.8, 4) is 0 Å². The van der Waals surface area contributed by atoms with Crippen LogP contribution >= 0.6 is 0 Å². The van der Waals surface area contributed by atoms with Crippen molar-refractivity contribution in [3.63, 3.8) is 0 Å². The van der Waals surface area contributed by atoms with Crippen LogP contribution in [0, 0.1) is 0 Å². The SMILES string of the molecule is [Cs+].[F-].[F-].[O]=[Ru+]. The molecule has 0 fully saturated rings. The number of halogens is 2. The summed E-state index contributed by atoms with van der Waals surface area (Å²) in [6.07, 6.45) is 0. The Morgan fingerprint density at radius 2 is 1.00 bits per heavy atom. The van der Waals surface area contributed by atoms with Crippen LogP contribution in [0.1, 0.15) is 0 Å². The summed E-state index contributed by atoms with van der Waals surface area (Å²) in [6.45, 7) is 0. The third kappa shape index (κ3) is 21.8. The van der Waals surface area contributed by atoms with E-state index in [1.54, 1.807) is 0 Å². The van der Waals surface area contributed by atoms with Crippen LogP contribution in [-0.2, 0) is 21.8 Å². The van der Waals surface area contributed by atoms with Crippen molar-refractivity contribution < 1.29 is 100 Å². The molecule has 1 nitrogen and oxygen atoms in total. The van der Waals surface area contributed by atoms with Gasteiger partial charge < -0.3 is 9.41 Å². The first-order valence-electron chi connectivity index (χ1n) is 0.144. The third-order valence-electron chi connectivity index (χ3n) is 0. The van der Waals surface area contributed by atoms with Gasteiger partial charge in [0.1, 0.15) is 0 Å². The Morgan fingerprint density at radius 1 is 1.00 bits per heavy atom. The topological polar surface area (TPSA) is 17.1 Å². The van der Waals surface area contributed by atoms with Crippen LogP contribution in [0.2, 0.25) is 0 Å². The van der Waals surface area contributed by atoms with E-state index < -0.39 is 0 Å². The average molecular weight is 288 g/mol. The summed E-state index contributed by atoms with van der Waals surface area (Å²) in [4.78, 5) is 0. The maximum absolute atomic E-state index is 8.18. The van der Waals surface area contributed by atoms with Crippen molar-refractivity contribution in [2.75, 3.05) is 0 Å². The van der Waals surface area contributed by atoms with Crippen LogP contribution < -0.4 is 78.3 Å². The molecule has 0 saturated heterocycles. The van der Waals surface area contributed by atoms with Gasteiger partial charge in [-0.15, -0.1) is 0 Å². The van der Waals surface area contributed by atoms with Gasteiger partial charge in [-0.2, -0.15) is 0 Å². The summed E-state index contributed by atoms with van der Waals surface area (Å²) in [5.74, 6) is 0. The summed E-state index contributed by atoms with van der Waals surface area (Å²) in [6, 6.07) is 0. The fraction of sp³-hybridized carbons (Fsp3) is 0. The molecule has 0 spiro atoms. The zero-order valence-corrected chi connectivity index (χ0v) is 10.5. The van der Waals surface area contributed by atoms with Gasteiger partial charge in [0.25, 0.3) is 0 Å². The van der Waals surface area contributed by atoms with Crippen LogP contribution in [-0.4, -0.2) is 0 Å². The van der Waals surface area contributed by atoms with E-state index in [9.17, 15) is 0 Å². The van der Waals surface area contributed by atoms with Gasteiger partial charge in [0.05, 0.1) is 0 Å². The predicted octanol–water partition coefficient (Wildman–Crippen LogP) is -9.11. The molecule has 0 heterocycles. The minimum atomic E-state index is 0. The second-order valence-corrected chi connectivity index (χ2v) is 0. The molecular formula is CsF2ORu. The summed E-state index contributed by atoms with van der Waals surface area (Å²) in [5, 5.41) is 0. The Kier molecular flexibility index (Phi) is 175. The van der Waals surface area contributed by atoms with Crippen molar-refractivity contribution in [1.82, 2.24) is 0 Å². The van der Waals surface area contributed by atoms with Crippen molar-refractivity contribution in [2.45, 2.75) is 0 Å². The van der Waals surface area contributed by atoms with Crippen LogP contribution in [0.25, 0.3) is 0 Å². The van der Waals surface area contributed by atoms with E-state index in [4.69, 9.17) is 3.57 Å². The van der Waals surface area contributed by atoms with Crippen molar-refractivity contribution in [3.05, 3.63) is 0 Å².